The summed E-state index contributed by atoms with van der Waals surface area (Å²) in [5.74, 6) is 0. The van der Waals surface area contributed by atoms with Gasteiger partial charge in [-0.25, -0.2) is 0 Å². The quantitative estimate of drug-likeness (QED) is 0.444. The first-order valence-electron chi connectivity index (χ1n) is 6.48. The fourth-order valence-electron chi connectivity index (χ4n) is 2.28. The van der Waals surface area contributed by atoms with Gasteiger partial charge in [0, 0.05) is 25.1 Å². The summed E-state index contributed by atoms with van der Waals surface area (Å²) < 4.78 is 3.34. The van der Waals surface area contributed by atoms with Crippen molar-refractivity contribution in [2.24, 2.45) is 0 Å². The second-order valence-corrected chi connectivity index (χ2v) is 8.02. The molecule has 2 aromatic heterocycles. The molecule has 0 spiro atoms. The zero-order valence-electron chi connectivity index (χ0n) is 10.9. The number of thiophene rings is 1. The van der Waals surface area contributed by atoms with Crippen LogP contribution < -0.4 is 5.43 Å². The Labute approximate surface area is 133 Å². The van der Waals surface area contributed by atoms with Crippen LogP contribution in [-0.2, 0) is 0 Å². The van der Waals surface area contributed by atoms with Crippen molar-refractivity contribution in [3.8, 4) is 0 Å². The Kier molecular flexibility index (Phi) is 3.30. The van der Waals surface area contributed by atoms with Crippen molar-refractivity contribution in [3.63, 3.8) is 0 Å². The lowest BCUT2D eigenvalue weighted by atomic mass is 10.2. The standard InChI is InChI=1S/C17H10OS3/c18-17-12-4-1-2-5-14(12)21-15-8-7-11(10-13(15)17)20-16-6-3-9-19-16/h1-10H. The molecule has 0 amide bonds. The molecule has 0 aliphatic rings. The Morgan fingerprint density at radius 3 is 2.57 bits per heavy atom. The fourth-order valence-corrected chi connectivity index (χ4v) is 5.12. The Hall–Kier alpha value is -1.62. The number of hydrogen-bond donors (Lipinski definition) is 0. The summed E-state index contributed by atoms with van der Waals surface area (Å²) in [6, 6.07) is 18.1. The van der Waals surface area contributed by atoms with Gasteiger partial charge >= 0.3 is 0 Å². The van der Waals surface area contributed by atoms with Gasteiger partial charge < -0.3 is 0 Å². The minimum absolute atomic E-state index is 0.132. The van der Waals surface area contributed by atoms with Crippen molar-refractivity contribution in [2.75, 3.05) is 0 Å². The van der Waals surface area contributed by atoms with Crippen LogP contribution in [0.25, 0.3) is 20.2 Å². The molecule has 0 fully saturated rings. The second-order valence-electron chi connectivity index (χ2n) is 4.62. The van der Waals surface area contributed by atoms with Gasteiger partial charge in [0.05, 0.1) is 4.21 Å². The van der Waals surface area contributed by atoms with Crippen molar-refractivity contribution < 1.29 is 0 Å². The van der Waals surface area contributed by atoms with Gasteiger partial charge in [-0.2, -0.15) is 0 Å². The average Bonchev–Trinajstić information content (AvgIpc) is 3.01. The highest BCUT2D eigenvalue weighted by Gasteiger charge is 2.07. The third-order valence-electron chi connectivity index (χ3n) is 3.26. The van der Waals surface area contributed by atoms with Crippen LogP contribution in [0, 0.1) is 0 Å². The van der Waals surface area contributed by atoms with E-state index in [-0.39, 0.29) is 5.43 Å². The Balaban J connectivity index is 1.92. The van der Waals surface area contributed by atoms with Crippen molar-refractivity contribution >= 4 is 54.6 Å². The summed E-state index contributed by atoms with van der Waals surface area (Å²) >= 11 is 5.10. The number of rotatable bonds is 2. The summed E-state index contributed by atoms with van der Waals surface area (Å²) in [5, 5.41) is 3.70. The summed E-state index contributed by atoms with van der Waals surface area (Å²) in [7, 11) is 0. The Bertz CT molecular complexity index is 984. The summed E-state index contributed by atoms with van der Waals surface area (Å²) in [6.07, 6.45) is 0. The van der Waals surface area contributed by atoms with E-state index in [2.05, 4.69) is 23.6 Å². The smallest absolute Gasteiger partial charge is 0.195 e. The van der Waals surface area contributed by atoms with Crippen molar-refractivity contribution in [1.29, 1.82) is 0 Å². The molecule has 0 saturated carbocycles. The zero-order valence-corrected chi connectivity index (χ0v) is 13.4. The molecule has 2 aromatic carbocycles. The molecule has 0 atom stereocenters. The summed E-state index contributed by atoms with van der Waals surface area (Å²) in [5.41, 5.74) is 0.132. The Morgan fingerprint density at radius 1 is 0.857 bits per heavy atom. The molecule has 4 aromatic rings. The highest BCUT2D eigenvalue weighted by Crippen LogP contribution is 2.34. The van der Waals surface area contributed by atoms with Gasteiger partial charge in [-0.05, 0) is 41.8 Å². The molecule has 4 rings (SSSR count). The molecule has 0 saturated heterocycles. The van der Waals surface area contributed by atoms with Gasteiger partial charge in [0.25, 0.3) is 0 Å². The first-order chi connectivity index (χ1) is 10.3. The van der Waals surface area contributed by atoms with Crippen LogP contribution in [0.15, 0.2) is 73.9 Å². The lowest BCUT2D eigenvalue weighted by molar-refractivity contribution is 1.50. The van der Waals surface area contributed by atoms with Crippen molar-refractivity contribution in [1.82, 2.24) is 0 Å². The molecule has 0 N–H and O–H groups in total. The van der Waals surface area contributed by atoms with Crippen LogP contribution in [0.3, 0.4) is 0 Å². The SMILES string of the molecule is O=c1c2ccccc2sc2ccc(Sc3cccs3)cc12. The molecular formula is C17H10OS3. The topological polar surface area (TPSA) is 17.1 Å². The van der Waals surface area contributed by atoms with Crippen LogP contribution >= 0.6 is 34.4 Å². The predicted octanol–water partition coefficient (Wildman–Crippen LogP) is 5.63. The van der Waals surface area contributed by atoms with Crippen molar-refractivity contribution in [2.45, 2.75) is 9.10 Å². The van der Waals surface area contributed by atoms with Crippen LogP contribution in [0.1, 0.15) is 0 Å². The molecule has 2 heterocycles. The van der Waals surface area contributed by atoms with Gasteiger partial charge in [-0.15, -0.1) is 22.7 Å². The molecule has 21 heavy (non-hydrogen) atoms. The molecule has 1 nitrogen and oxygen atoms in total. The molecular weight excluding hydrogens is 316 g/mol. The lowest BCUT2D eigenvalue weighted by Crippen LogP contribution is -2.00. The average molecular weight is 326 g/mol. The maximum Gasteiger partial charge on any atom is 0.195 e. The van der Waals surface area contributed by atoms with Crippen LogP contribution in [0.2, 0.25) is 0 Å². The van der Waals surface area contributed by atoms with Crippen LogP contribution in [-0.4, -0.2) is 0 Å². The van der Waals surface area contributed by atoms with Crippen LogP contribution in [0.4, 0.5) is 0 Å². The first-order valence-corrected chi connectivity index (χ1v) is 8.99. The second kappa shape index (κ2) is 5.30. The lowest BCUT2D eigenvalue weighted by Gasteiger charge is -2.03. The summed E-state index contributed by atoms with van der Waals surface area (Å²) in [4.78, 5) is 13.8. The highest BCUT2D eigenvalue weighted by molar-refractivity contribution is 8.01. The number of benzene rings is 2. The molecule has 0 aliphatic heterocycles. The zero-order chi connectivity index (χ0) is 14.2. The van der Waals surface area contributed by atoms with E-state index in [0.29, 0.717) is 0 Å². The van der Waals surface area contributed by atoms with E-state index in [9.17, 15) is 4.79 Å². The molecule has 0 aliphatic carbocycles. The van der Waals surface area contributed by atoms with E-state index >= 15 is 0 Å². The first kappa shape index (κ1) is 13.1. The van der Waals surface area contributed by atoms with E-state index < -0.39 is 0 Å². The van der Waals surface area contributed by atoms with Gasteiger partial charge in [0.2, 0.25) is 0 Å². The molecule has 0 unspecified atom stereocenters. The van der Waals surface area contributed by atoms with Gasteiger partial charge in [0.1, 0.15) is 0 Å². The molecule has 4 heteroatoms. The molecule has 0 radical (unpaired) electrons. The maximum absolute atomic E-state index is 12.6. The van der Waals surface area contributed by atoms with E-state index in [4.69, 9.17) is 0 Å². The minimum atomic E-state index is 0.132. The number of fused-ring (bicyclic) bond motifs is 2. The van der Waals surface area contributed by atoms with E-state index in [1.165, 1.54) is 4.21 Å². The van der Waals surface area contributed by atoms with Gasteiger partial charge in [-0.3, -0.25) is 4.79 Å². The largest absolute Gasteiger partial charge is 0.289 e. The Morgan fingerprint density at radius 2 is 1.71 bits per heavy atom. The normalized spacial score (nSPS) is 11.2. The summed E-state index contributed by atoms with van der Waals surface area (Å²) in [6.45, 7) is 0. The minimum Gasteiger partial charge on any atom is -0.289 e. The maximum atomic E-state index is 12.6. The van der Waals surface area contributed by atoms with Gasteiger partial charge in [-0.1, -0.05) is 30.0 Å². The number of hydrogen-bond acceptors (Lipinski definition) is 4. The highest BCUT2D eigenvalue weighted by atomic mass is 32.2. The third-order valence-corrected chi connectivity index (χ3v) is 6.44. The van der Waals surface area contributed by atoms with Crippen LogP contribution in [0.5, 0.6) is 0 Å². The molecule has 102 valence electrons. The van der Waals surface area contributed by atoms with E-state index in [1.54, 1.807) is 34.4 Å². The van der Waals surface area contributed by atoms with Gasteiger partial charge in [0.15, 0.2) is 5.43 Å². The predicted molar refractivity (Wildman–Crippen MR) is 94.0 cm³/mol. The molecule has 0 bridgehead atoms. The van der Waals surface area contributed by atoms with E-state index in [1.807, 2.05) is 36.4 Å². The monoisotopic (exact) mass is 326 g/mol. The van der Waals surface area contributed by atoms with E-state index in [0.717, 1.165) is 25.1 Å². The fraction of sp³-hybridized carbons (Fsp3) is 0. The van der Waals surface area contributed by atoms with Crippen molar-refractivity contribution in [3.05, 3.63) is 70.2 Å². The third kappa shape index (κ3) is 2.39.